The first-order valence-corrected chi connectivity index (χ1v) is 6.68. The SMILES string of the molecule is COCc1c(C(=O)Nc2c[nH]ccc2=O)oc2ccccc12. The van der Waals surface area contributed by atoms with Crippen LogP contribution in [0.25, 0.3) is 11.0 Å². The monoisotopic (exact) mass is 298 g/mol. The topological polar surface area (TPSA) is 84.3 Å². The molecule has 0 aliphatic heterocycles. The summed E-state index contributed by atoms with van der Waals surface area (Å²) in [5, 5.41) is 3.37. The van der Waals surface area contributed by atoms with E-state index in [9.17, 15) is 9.59 Å². The van der Waals surface area contributed by atoms with Gasteiger partial charge in [-0.05, 0) is 6.07 Å². The fraction of sp³-hybridized carbons (Fsp3) is 0.125. The number of rotatable bonds is 4. The van der Waals surface area contributed by atoms with Gasteiger partial charge in [0.05, 0.1) is 6.61 Å². The molecule has 112 valence electrons. The lowest BCUT2D eigenvalue weighted by atomic mass is 10.1. The second-order valence-electron chi connectivity index (χ2n) is 4.72. The molecule has 3 aromatic rings. The number of hydrogen-bond acceptors (Lipinski definition) is 4. The largest absolute Gasteiger partial charge is 0.451 e. The number of carbonyl (C=O) groups is 1. The molecular weight excluding hydrogens is 284 g/mol. The number of benzene rings is 1. The van der Waals surface area contributed by atoms with E-state index < -0.39 is 5.91 Å². The predicted molar refractivity (Wildman–Crippen MR) is 81.9 cm³/mol. The number of hydrogen-bond donors (Lipinski definition) is 2. The first-order chi connectivity index (χ1) is 10.7. The van der Waals surface area contributed by atoms with E-state index >= 15 is 0 Å². The molecule has 0 aliphatic carbocycles. The Morgan fingerprint density at radius 3 is 2.91 bits per heavy atom. The van der Waals surface area contributed by atoms with Crippen LogP contribution >= 0.6 is 0 Å². The molecule has 0 aliphatic rings. The first-order valence-electron chi connectivity index (χ1n) is 6.68. The van der Waals surface area contributed by atoms with E-state index in [2.05, 4.69) is 10.3 Å². The summed E-state index contributed by atoms with van der Waals surface area (Å²) in [7, 11) is 1.55. The lowest BCUT2D eigenvalue weighted by Gasteiger charge is -2.04. The number of amides is 1. The lowest BCUT2D eigenvalue weighted by Crippen LogP contribution is -2.18. The van der Waals surface area contributed by atoms with Gasteiger partial charge in [-0.15, -0.1) is 0 Å². The van der Waals surface area contributed by atoms with Crippen molar-refractivity contribution in [3.8, 4) is 0 Å². The van der Waals surface area contributed by atoms with Gasteiger partial charge in [0.15, 0.2) is 5.76 Å². The van der Waals surface area contributed by atoms with Crippen LogP contribution in [-0.4, -0.2) is 18.0 Å². The molecule has 1 amide bonds. The highest BCUT2D eigenvalue weighted by molar-refractivity contribution is 6.06. The highest BCUT2D eigenvalue weighted by atomic mass is 16.5. The highest BCUT2D eigenvalue weighted by Gasteiger charge is 2.21. The molecule has 0 radical (unpaired) electrons. The first kappa shape index (κ1) is 14.1. The number of anilines is 1. The predicted octanol–water partition coefficient (Wildman–Crippen LogP) is 2.52. The highest BCUT2D eigenvalue weighted by Crippen LogP contribution is 2.27. The quantitative estimate of drug-likeness (QED) is 0.775. The van der Waals surface area contributed by atoms with Crippen LogP contribution in [0.1, 0.15) is 16.1 Å². The summed E-state index contributed by atoms with van der Waals surface area (Å²) in [6.45, 7) is 0.241. The summed E-state index contributed by atoms with van der Waals surface area (Å²) >= 11 is 0. The number of aromatic nitrogens is 1. The zero-order chi connectivity index (χ0) is 15.5. The van der Waals surface area contributed by atoms with Crippen LogP contribution in [-0.2, 0) is 11.3 Å². The van der Waals surface area contributed by atoms with Crippen LogP contribution in [0.5, 0.6) is 0 Å². The fourth-order valence-corrected chi connectivity index (χ4v) is 2.26. The third-order valence-corrected chi connectivity index (χ3v) is 3.27. The maximum Gasteiger partial charge on any atom is 0.291 e. The number of pyridine rings is 1. The molecule has 3 rings (SSSR count). The van der Waals surface area contributed by atoms with Gasteiger partial charge in [0, 0.05) is 36.5 Å². The minimum Gasteiger partial charge on any atom is -0.451 e. The number of methoxy groups -OCH3 is 1. The van der Waals surface area contributed by atoms with Gasteiger partial charge >= 0.3 is 0 Å². The summed E-state index contributed by atoms with van der Waals surface area (Å²) < 4.78 is 10.8. The molecule has 0 saturated heterocycles. The van der Waals surface area contributed by atoms with Gasteiger partial charge in [-0.25, -0.2) is 0 Å². The Morgan fingerprint density at radius 2 is 2.14 bits per heavy atom. The maximum atomic E-state index is 12.4. The third-order valence-electron chi connectivity index (χ3n) is 3.27. The number of aromatic amines is 1. The van der Waals surface area contributed by atoms with E-state index in [1.54, 1.807) is 13.2 Å². The van der Waals surface area contributed by atoms with Gasteiger partial charge in [0.25, 0.3) is 5.91 Å². The van der Waals surface area contributed by atoms with Gasteiger partial charge in [0.2, 0.25) is 5.43 Å². The third kappa shape index (κ3) is 2.51. The summed E-state index contributed by atoms with van der Waals surface area (Å²) in [6, 6.07) is 8.66. The van der Waals surface area contributed by atoms with Crippen molar-refractivity contribution in [2.75, 3.05) is 12.4 Å². The zero-order valence-corrected chi connectivity index (χ0v) is 11.9. The van der Waals surface area contributed by atoms with E-state index in [1.165, 1.54) is 18.5 Å². The normalized spacial score (nSPS) is 10.8. The molecule has 6 heteroatoms. The Hall–Kier alpha value is -2.86. The van der Waals surface area contributed by atoms with Crippen molar-refractivity contribution in [1.29, 1.82) is 0 Å². The van der Waals surface area contributed by atoms with Crippen LogP contribution in [0.4, 0.5) is 5.69 Å². The van der Waals surface area contributed by atoms with E-state index in [0.29, 0.717) is 11.1 Å². The Bertz CT molecular complexity index is 879. The van der Waals surface area contributed by atoms with Crippen molar-refractivity contribution in [1.82, 2.24) is 4.98 Å². The number of H-pyrrole nitrogens is 1. The molecule has 0 saturated carbocycles. The molecule has 1 aromatic carbocycles. The second-order valence-corrected chi connectivity index (χ2v) is 4.72. The smallest absolute Gasteiger partial charge is 0.291 e. The van der Waals surface area contributed by atoms with Crippen molar-refractivity contribution in [3.63, 3.8) is 0 Å². The zero-order valence-electron chi connectivity index (χ0n) is 11.9. The minimum atomic E-state index is -0.486. The summed E-state index contributed by atoms with van der Waals surface area (Å²) in [6.07, 6.45) is 2.93. The van der Waals surface area contributed by atoms with Crippen LogP contribution < -0.4 is 10.7 Å². The van der Waals surface area contributed by atoms with Crippen LogP contribution in [0.15, 0.2) is 51.9 Å². The number of furan rings is 1. The molecule has 0 atom stereocenters. The average Bonchev–Trinajstić information content (AvgIpc) is 2.89. The molecule has 22 heavy (non-hydrogen) atoms. The molecular formula is C16H14N2O4. The summed E-state index contributed by atoms with van der Waals surface area (Å²) in [5.41, 5.74) is 1.14. The maximum absolute atomic E-state index is 12.4. The summed E-state index contributed by atoms with van der Waals surface area (Å²) in [4.78, 5) is 26.9. The van der Waals surface area contributed by atoms with Gasteiger partial charge in [-0.2, -0.15) is 0 Å². The Labute approximate surface area is 125 Å². The number of ether oxygens (including phenoxy) is 1. The number of para-hydroxylation sites is 1. The lowest BCUT2D eigenvalue weighted by molar-refractivity contribution is 0.0992. The van der Waals surface area contributed by atoms with Gasteiger partial charge in [-0.3, -0.25) is 9.59 Å². The standard InChI is InChI=1S/C16H14N2O4/c1-21-9-11-10-4-2-3-5-14(10)22-15(11)16(20)18-12-8-17-7-6-13(12)19/h2-8H,9H2,1H3,(H,17,19)(H,18,20). The van der Waals surface area contributed by atoms with E-state index in [0.717, 1.165) is 5.39 Å². The van der Waals surface area contributed by atoms with Crippen molar-refractivity contribution in [2.45, 2.75) is 6.61 Å². The molecule has 0 spiro atoms. The molecule has 2 N–H and O–H groups in total. The van der Waals surface area contributed by atoms with Crippen LogP contribution in [0, 0.1) is 0 Å². The van der Waals surface area contributed by atoms with Crippen LogP contribution in [0.2, 0.25) is 0 Å². The Kier molecular flexibility index (Phi) is 3.76. The number of fused-ring (bicyclic) bond motifs is 1. The average molecular weight is 298 g/mol. The molecule has 0 fully saturated rings. The van der Waals surface area contributed by atoms with Gasteiger partial charge < -0.3 is 19.5 Å². The Morgan fingerprint density at radius 1 is 1.32 bits per heavy atom. The summed E-state index contributed by atoms with van der Waals surface area (Å²) in [5.74, 6) is -0.341. The second kappa shape index (κ2) is 5.87. The molecule has 0 bridgehead atoms. The number of nitrogens with one attached hydrogen (secondary N) is 2. The fourth-order valence-electron chi connectivity index (χ4n) is 2.26. The molecule has 2 aromatic heterocycles. The van der Waals surface area contributed by atoms with Gasteiger partial charge in [0.1, 0.15) is 11.3 Å². The van der Waals surface area contributed by atoms with Crippen molar-refractivity contribution >= 4 is 22.6 Å². The Balaban J connectivity index is 2.02. The van der Waals surface area contributed by atoms with Crippen molar-refractivity contribution < 1.29 is 13.9 Å². The van der Waals surface area contributed by atoms with E-state index in [-0.39, 0.29) is 23.5 Å². The molecule has 6 nitrogen and oxygen atoms in total. The van der Waals surface area contributed by atoms with Crippen molar-refractivity contribution in [3.05, 3.63) is 64.3 Å². The van der Waals surface area contributed by atoms with Gasteiger partial charge in [-0.1, -0.05) is 18.2 Å². The van der Waals surface area contributed by atoms with E-state index in [4.69, 9.17) is 9.15 Å². The van der Waals surface area contributed by atoms with E-state index in [1.807, 2.05) is 18.2 Å². The molecule has 2 heterocycles. The molecule has 0 unspecified atom stereocenters. The van der Waals surface area contributed by atoms with Crippen LogP contribution in [0.3, 0.4) is 0 Å². The minimum absolute atomic E-state index is 0.145. The van der Waals surface area contributed by atoms with Crippen molar-refractivity contribution in [2.24, 2.45) is 0 Å². The number of carbonyl (C=O) groups excluding carboxylic acids is 1.